The summed E-state index contributed by atoms with van der Waals surface area (Å²) >= 11 is 3.51. The summed E-state index contributed by atoms with van der Waals surface area (Å²) in [6.45, 7) is 2.24. The molecule has 0 radical (unpaired) electrons. The van der Waals surface area contributed by atoms with E-state index >= 15 is 0 Å². The standard InChI is InChI=1S/C6H12N2O3S/c1-2-3-4-11-6(10)8(12)5(7)9/h12H,2-4H2,1H3,(H2,7,9). The Balaban J connectivity index is 3.65. The summed E-state index contributed by atoms with van der Waals surface area (Å²) in [5.41, 5.74) is 4.75. The van der Waals surface area contributed by atoms with Crippen molar-refractivity contribution in [2.24, 2.45) is 5.73 Å². The van der Waals surface area contributed by atoms with E-state index in [4.69, 9.17) is 5.73 Å². The van der Waals surface area contributed by atoms with Crippen molar-refractivity contribution in [3.63, 3.8) is 0 Å². The largest absolute Gasteiger partial charge is 0.448 e. The minimum Gasteiger partial charge on any atom is -0.448 e. The van der Waals surface area contributed by atoms with Gasteiger partial charge in [-0.3, -0.25) is 0 Å². The lowest BCUT2D eigenvalue weighted by Gasteiger charge is -2.10. The first-order valence-corrected chi connectivity index (χ1v) is 3.94. The Labute approximate surface area is 76.4 Å². The maximum absolute atomic E-state index is 10.8. The summed E-state index contributed by atoms with van der Waals surface area (Å²) in [5.74, 6) is 0. The number of nitrogens with zero attached hydrogens (tertiary/aromatic N) is 1. The first-order chi connectivity index (χ1) is 5.59. The molecular weight excluding hydrogens is 180 g/mol. The maximum Gasteiger partial charge on any atom is 0.428 e. The van der Waals surface area contributed by atoms with Crippen molar-refractivity contribution in [1.82, 2.24) is 4.31 Å². The Hall–Kier alpha value is -0.910. The summed E-state index contributed by atoms with van der Waals surface area (Å²) in [6, 6.07) is -0.945. The van der Waals surface area contributed by atoms with Gasteiger partial charge in [-0.1, -0.05) is 26.2 Å². The lowest BCUT2D eigenvalue weighted by molar-refractivity contribution is 0.131. The van der Waals surface area contributed by atoms with E-state index in [2.05, 4.69) is 17.6 Å². The van der Waals surface area contributed by atoms with Gasteiger partial charge in [0.05, 0.1) is 6.61 Å². The predicted molar refractivity (Wildman–Crippen MR) is 46.7 cm³/mol. The van der Waals surface area contributed by atoms with Crippen LogP contribution in [0.2, 0.25) is 0 Å². The Morgan fingerprint density at radius 2 is 2.17 bits per heavy atom. The van der Waals surface area contributed by atoms with Crippen LogP contribution in [-0.4, -0.2) is 23.0 Å². The summed E-state index contributed by atoms with van der Waals surface area (Å²) in [5, 5.41) is 0. The van der Waals surface area contributed by atoms with Gasteiger partial charge < -0.3 is 10.5 Å². The molecule has 0 aliphatic heterocycles. The molecule has 0 fully saturated rings. The summed E-state index contributed by atoms with van der Waals surface area (Å²) in [6.07, 6.45) is 0.835. The number of hydrogen-bond acceptors (Lipinski definition) is 4. The predicted octanol–water partition coefficient (Wildman–Crippen LogP) is 1.15. The normalized spacial score (nSPS) is 9.17. The second-order valence-corrected chi connectivity index (χ2v) is 2.52. The highest BCUT2D eigenvalue weighted by Crippen LogP contribution is 1.98. The molecule has 0 saturated heterocycles. The van der Waals surface area contributed by atoms with Gasteiger partial charge in [0.25, 0.3) is 0 Å². The zero-order chi connectivity index (χ0) is 9.56. The molecule has 0 saturated carbocycles. The van der Waals surface area contributed by atoms with E-state index in [1.54, 1.807) is 0 Å². The SMILES string of the molecule is CCCCOC(=O)N(S)C(N)=O. The van der Waals surface area contributed by atoms with Gasteiger partial charge in [0.15, 0.2) is 0 Å². The lowest BCUT2D eigenvalue weighted by Crippen LogP contribution is -2.33. The van der Waals surface area contributed by atoms with Crippen LogP contribution in [0.4, 0.5) is 9.59 Å². The van der Waals surface area contributed by atoms with E-state index in [0.29, 0.717) is 4.31 Å². The zero-order valence-corrected chi connectivity index (χ0v) is 7.71. The van der Waals surface area contributed by atoms with Crippen LogP contribution in [0.3, 0.4) is 0 Å². The fourth-order valence-electron chi connectivity index (χ4n) is 0.455. The van der Waals surface area contributed by atoms with Crippen LogP contribution >= 0.6 is 12.8 Å². The van der Waals surface area contributed by atoms with Crippen LogP contribution in [0, 0.1) is 0 Å². The molecular formula is C6H12N2O3S. The second kappa shape index (κ2) is 5.70. The van der Waals surface area contributed by atoms with Crippen molar-refractivity contribution in [3.8, 4) is 0 Å². The molecule has 12 heavy (non-hydrogen) atoms. The molecule has 0 aromatic carbocycles. The van der Waals surface area contributed by atoms with Gasteiger partial charge in [-0.25, -0.2) is 9.59 Å². The van der Waals surface area contributed by atoms with Gasteiger partial charge in [-0.2, -0.15) is 4.31 Å². The smallest absolute Gasteiger partial charge is 0.428 e. The van der Waals surface area contributed by atoms with Crippen LogP contribution < -0.4 is 5.73 Å². The summed E-state index contributed by atoms with van der Waals surface area (Å²) in [7, 11) is 0. The van der Waals surface area contributed by atoms with Crippen LogP contribution in [0.15, 0.2) is 0 Å². The number of ether oxygens (including phenoxy) is 1. The molecule has 70 valence electrons. The number of unbranched alkanes of at least 4 members (excludes halogenated alkanes) is 1. The minimum atomic E-state index is -0.945. The van der Waals surface area contributed by atoms with Gasteiger partial charge in [-0.05, 0) is 6.42 Å². The molecule has 0 aliphatic carbocycles. The first-order valence-electron chi connectivity index (χ1n) is 3.54. The Morgan fingerprint density at radius 1 is 1.58 bits per heavy atom. The zero-order valence-electron chi connectivity index (χ0n) is 6.82. The molecule has 6 heteroatoms. The molecule has 2 N–H and O–H groups in total. The number of urea groups is 1. The van der Waals surface area contributed by atoms with Crippen molar-refractivity contribution < 1.29 is 14.3 Å². The highest BCUT2D eigenvalue weighted by molar-refractivity contribution is 7.79. The Bertz CT molecular complexity index is 174. The molecule has 5 nitrogen and oxygen atoms in total. The number of thiol groups is 1. The molecule has 0 spiro atoms. The number of primary amides is 1. The topological polar surface area (TPSA) is 72.6 Å². The molecule has 0 atom stereocenters. The van der Waals surface area contributed by atoms with E-state index in [1.807, 2.05) is 6.92 Å². The molecule has 0 heterocycles. The fourth-order valence-corrected chi connectivity index (χ4v) is 0.513. The first kappa shape index (κ1) is 11.1. The highest BCUT2D eigenvalue weighted by atomic mass is 32.1. The second-order valence-electron chi connectivity index (χ2n) is 2.12. The van der Waals surface area contributed by atoms with E-state index in [-0.39, 0.29) is 6.61 Å². The van der Waals surface area contributed by atoms with Crippen molar-refractivity contribution >= 4 is 24.9 Å². The third kappa shape index (κ3) is 4.07. The molecule has 0 bridgehead atoms. The lowest BCUT2D eigenvalue weighted by atomic mass is 10.4. The average molecular weight is 192 g/mol. The highest BCUT2D eigenvalue weighted by Gasteiger charge is 2.15. The van der Waals surface area contributed by atoms with Crippen LogP contribution in [-0.2, 0) is 4.74 Å². The van der Waals surface area contributed by atoms with Crippen molar-refractivity contribution in [3.05, 3.63) is 0 Å². The minimum absolute atomic E-state index is 0.277. The third-order valence-electron chi connectivity index (χ3n) is 1.11. The number of amides is 3. The molecule has 0 aliphatic rings. The third-order valence-corrected chi connectivity index (χ3v) is 1.47. The van der Waals surface area contributed by atoms with Crippen molar-refractivity contribution in [1.29, 1.82) is 0 Å². The van der Waals surface area contributed by atoms with Crippen LogP contribution in [0.25, 0.3) is 0 Å². The van der Waals surface area contributed by atoms with Crippen molar-refractivity contribution in [2.75, 3.05) is 6.61 Å². The van der Waals surface area contributed by atoms with E-state index in [9.17, 15) is 9.59 Å². The number of nitrogens with two attached hydrogens (primary N) is 1. The van der Waals surface area contributed by atoms with E-state index in [1.165, 1.54) is 0 Å². The van der Waals surface area contributed by atoms with Gasteiger partial charge in [0, 0.05) is 0 Å². The maximum atomic E-state index is 10.8. The van der Waals surface area contributed by atoms with Gasteiger partial charge in [0.1, 0.15) is 0 Å². The van der Waals surface area contributed by atoms with Gasteiger partial charge in [-0.15, -0.1) is 0 Å². The number of hydrogen-bond donors (Lipinski definition) is 2. The van der Waals surface area contributed by atoms with E-state index < -0.39 is 12.1 Å². The number of rotatable bonds is 3. The Morgan fingerprint density at radius 3 is 2.58 bits per heavy atom. The van der Waals surface area contributed by atoms with Crippen LogP contribution in [0.1, 0.15) is 19.8 Å². The molecule has 0 unspecified atom stereocenters. The number of imide groups is 1. The number of carbonyl (C=O) groups excluding carboxylic acids is 2. The fraction of sp³-hybridized carbons (Fsp3) is 0.667. The Kier molecular flexibility index (Phi) is 5.27. The average Bonchev–Trinajstić information content (AvgIpc) is 2.03. The molecule has 3 amide bonds. The van der Waals surface area contributed by atoms with Gasteiger partial charge in [0.2, 0.25) is 0 Å². The molecule has 0 aromatic rings. The van der Waals surface area contributed by atoms with E-state index in [0.717, 1.165) is 12.8 Å². The summed E-state index contributed by atoms with van der Waals surface area (Å²) in [4.78, 5) is 21.1. The summed E-state index contributed by atoms with van der Waals surface area (Å²) < 4.78 is 5.04. The van der Waals surface area contributed by atoms with Gasteiger partial charge >= 0.3 is 12.1 Å². The quantitative estimate of drug-likeness (QED) is 0.520. The monoisotopic (exact) mass is 192 g/mol. The molecule has 0 rings (SSSR count). The van der Waals surface area contributed by atoms with Crippen LogP contribution in [0.5, 0.6) is 0 Å². The van der Waals surface area contributed by atoms with Crippen molar-refractivity contribution in [2.45, 2.75) is 19.8 Å². The molecule has 0 aromatic heterocycles. The number of carbonyl (C=O) groups is 2.